The summed E-state index contributed by atoms with van der Waals surface area (Å²) >= 11 is 1.72. The number of aromatic nitrogens is 2. The molecule has 1 unspecified atom stereocenters. The van der Waals surface area contributed by atoms with Gasteiger partial charge in [-0.15, -0.1) is 0 Å². The van der Waals surface area contributed by atoms with Crippen LogP contribution >= 0.6 is 11.8 Å². The smallest absolute Gasteiger partial charge is 0.271 e. The Morgan fingerprint density at radius 3 is 2.88 bits per heavy atom. The topological polar surface area (TPSA) is 66.9 Å². The molecule has 2 N–H and O–H groups in total. The molecule has 0 fully saturated rings. The Bertz CT molecular complexity index is 372. The van der Waals surface area contributed by atoms with Crippen molar-refractivity contribution in [3.63, 3.8) is 0 Å². The first kappa shape index (κ1) is 13.8. The molecule has 1 atom stereocenters. The minimum Gasteiger partial charge on any atom is -0.372 e. The lowest BCUT2D eigenvalue weighted by Crippen LogP contribution is -2.36. The zero-order chi connectivity index (χ0) is 12.7. The van der Waals surface area contributed by atoms with Gasteiger partial charge in [0.2, 0.25) is 0 Å². The Morgan fingerprint density at radius 1 is 1.53 bits per heavy atom. The maximum absolute atomic E-state index is 11.9. The van der Waals surface area contributed by atoms with Crippen LogP contribution in [-0.2, 0) is 0 Å². The zero-order valence-corrected chi connectivity index (χ0v) is 11.2. The Morgan fingerprint density at radius 2 is 2.29 bits per heavy atom. The van der Waals surface area contributed by atoms with Crippen molar-refractivity contribution in [2.75, 3.05) is 24.4 Å². The first-order valence-electron chi connectivity index (χ1n) is 5.50. The maximum atomic E-state index is 11.9. The molecule has 17 heavy (non-hydrogen) atoms. The van der Waals surface area contributed by atoms with Crippen LogP contribution in [0.5, 0.6) is 0 Å². The SMILES string of the molecule is CCC(CSC)NC(=O)c1cncc(NC)n1. The predicted molar refractivity (Wildman–Crippen MR) is 71.5 cm³/mol. The lowest BCUT2D eigenvalue weighted by molar-refractivity contribution is 0.0934. The summed E-state index contributed by atoms with van der Waals surface area (Å²) in [5.74, 6) is 1.33. The van der Waals surface area contributed by atoms with E-state index in [2.05, 4.69) is 27.5 Å². The van der Waals surface area contributed by atoms with Gasteiger partial charge in [0.15, 0.2) is 0 Å². The normalized spacial score (nSPS) is 11.9. The van der Waals surface area contributed by atoms with Crippen molar-refractivity contribution in [2.24, 2.45) is 0 Å². The number of hydrogen-bond donors (Lipinski definition) is 2. The van der Waals surface area contributed by atoms with Crippen molar-refractivity contribution in [1.29, 1.82) is 0 Å². The van der Waals surface area contributed by atoms with Crippen LogP contribution in [-0.4, -0.2) is 41.0 Å². The first-order chi connectivity index (χ1) is 8.21. The van der Waals surface area contributed by atoms with Gasteiger partial charge >= 0.3 is 0 Å². The number of nitrogens with zero attached hydrogens (tertiary/aromatic N) is 2. The molecule has 0 aliphatic carbocycles. The van der Waals surface area contributed by atoms with Crippen molar-refractivity contribution in [3.05, 3.63) is 18.1 Å². The summed E-state index contributed by atoms with van der Waals surface area (Å²) in [5.41, 5.74) is 0.344. The molecular formula is C11H18N4OS. The lowest BCUT2D eigenvalue weighted by Gasteiger charge is -2.15. The van der Waals surface area contributed by atoms with E-state index in [0.717, 1.165) is 12.2 Å². The molecule has 94 valence electrons. The second-order valence-electron chi connectivity index (χ2n) is 3.57. The van der Waals surface area contributed by atoms with Gasteiger partial charge in [0, 0.05) is 18.8 Å². The van der Waals surface area contributed by atoms with Crippen LogP contribution in [0.1, 0.15) is 23.8 Å². The molecule has 1 heterocycles. The van der Waals surface area contributed by atoms with Crippen LogP contribution in [0.25, 0.3) is 0 Å². The van der Waals surface area contributed by atoms with Gasteiger partial charge in [0.25, 0.3) is 5.91 Å². The van der Waals surface area contributed by atoms with Crippen molar-refractivity contribution in [1.82, 2.24) is 15.3 Å². The molecule has 0 saturated heterocycles. The Hall–Kier alpha value is -1.30. The Balaban J connectivity index is 2.68. The number of hydrogen-bond acceptors (Lipinski definition) is 5. The molecule has 0 aromatic carbocycles. The van der Waals surface area contributed by atoms with Crippen LogP contribution < -0.4 is 10.6 Å². The van der Waals surface area contributed by atoms with Crippen LogP contribution in [0.4, 0.5) is 5.82 Å². The van der Waals surface area contributed by atoms with E-state index >= 15 is 0 Å². The summed E-state index contributed by atoms with van der Waals surface area (Å²) in [6.07, 6.45) is 5.99. The zero-order valence-electron chi connectivity index (χ0n) is 10.4. The summed E-state index contributed by atoms with van der Waals surface area (Å²) < 4.78 is 0. The fourth-order valence-corrected chi connectivity index (χ4v) is 2.04. The van der Waals surface area contributed by atoms with Gasteiger partial charge < -0.3 is 10.6 Å². The minimum absolute atomic E-state index is 0.171. The number of anilines is 1. The van der Waals surface area contributed by atoms with E-state index in [1.807, 2.05) is 6.26 Å². The maximum Gasteiger partial charge on any atom is 0.271 e. The average molecular weight is 254 g/mol. The van der Waals surface area contributed by atoms with Gasteiger partial charge in [-0.3, -0.25) is 9.78 Å². The number of nitrogens with one attached hydrogen (secondary N) is 2. The third kappa shape index (κ3) is 4.22. The van der Waals surface area contributed by atoms with Gasteiger partial charge in [0.05, 0.1) is 12.4 Å². The molecule has 0 bridgehead atoms. The molecule has 1 aromatic rings. The highest BCUT2D eigenvalue weighted by atomic mass is 32.2. The minimum atomic E-state index is -0.171. The van der Waals surface area contributed by atoms with E-state index < -0.39 is 0 Å². The van der Waals surface area contributed by atoms with E-state index in [-0.39, 0.29) is 11.9 Å². The third-order valence-electron chi connectivity index (χ3n) is 2.32. The summed E-state index contributed by atoms with van der Waals surface area (Å²) in [5, 5.41) is 5.80. The molecule has 1 aromatic heterocycles. The second kappa shape index (κ2) is 7.11. The van der Waals surface area contributed by atoms with E-state index in [1.54, 1.807) is 25.0 Å². The van der Waals surface area contributed by atoms with Crippen LogP contribution in [0.2, 0.25) is 0 Å². The monoisotopic (exact) mass is 254 g/mol. The molecule has 0 spiro atoms. The van der Waals surface area contributed by atoms with Gasteiger partial charge in [-0.05, 0) is 12.7 Å². The third-order valence-corrected chi connectivity index (χ3v) is 3.05. The van der Waals surface area contributed by atoms with Crippen LogP contribution in [0, 0.1) is 0 Å². The lowest BCUT2D eigenvalue weighted by atomic mass is 10.2. The van der Waals surface area contributed by atoms with E-state index in [4.69, 9.17) is 0 Å². The number of rotatable bonds is 6. The molecular weight excluding hydrogens is 236 g/mol. The highest BCUT2D eigenvalue weighted by Gasteiger charge is 2.13. The Labute approximate surface area is 106 Å². The average Bonchev–Trinajstić information content (AvgIpc) is 2.38. The van der Waals surface area contributed by atoms with Crippen molar-refractivity contribution in [3.8, 4) is 0 Å². The second-order valence-corrected chi connectivity index (χ2v) is 4.48. The van der Waals surface area contributed by atoms with Gasteiger partial charge in [0.1, 0.15) is 11.5 Å². The number of carbonyl (C=O) groups excluding carboxylic acids is 1. The van der Waals surface area contributed by atoms with Gasteiger partial charge in [-0.25, -0.2) is 4.98 Å². The van der Waals surface area contributed by atoms with Crippen molar-refractivity contribution >= 4 is 23.5 Å². The molecule has 6 heteroatoms. The molecule has 5 nitrogen and oxygen atoms in total. The summed E-state index contributed by atoms with van der Waals surface area (Å²) in [7, 11) is 1.74. The van der Waals surface area contributed by atoms with Crippen LogP contribution in [0.3, 0.4) is 0 Å². The van der Waals surface area contributed by atoms with E-state index in [9.17, 15) is 4.79 Å². The number of thioether (sulfide) groups is 1. The van der Waals surface area contributed by atoms with Crippen molar-refractivity contribution in [2.45, 2.75) is 19.4 Å². The summed E-state index contributed by atoms with van der Waals surface area (Å²) in [4.78, 5) is 20.0. The highest BCUT2D eigenvalue weighted by molar-refractivity contribution is 7.98. The number of carbonyl (C=O) groups is 1. The Kier molecular flexibility index (Phi) is 5.76. The van der Waals surface area contributed by atoms with Crippen LogP contribution in [0.15, 0.2) is 12.4 Å². The quantitative estimate of drug-likeness (QED) is 0.803. The summed E-state index contributed by atoms with van der Waals surface area (Å²) in [6, 6.07) is 0.178. The van der Waals surface area contributed by atoms with E-state index in [1.165, 1.54) is 6.20 Å². The number of amides is 1. The predicted octanol–water partition coefficient (Wildman–Crippen LogP) is 1.39. The first-order valence-corrected chi connectivity index (χ1v) is 6.90. The molecule has 0 aliphatic rings. The standard InChI is InChI=1S/C11H18N4OS/c1-4-8(7-17-3)14-11(16)9-5-13-6-10(12-2)15-9/h5-6,8H,4,7H2,1-3H3,(H,12,15)(H,14,16). The molecule has 0 radical (unpaired) electrons. The highest BCUT2D eigenvalue weighted by Crippen LogP contribution is 2.04. The fourth-order valence-electron chi connectivity index (χ4n) is 1.32. The van der Waals surface area contributed by atoms with Gasteiger partial charge in [-0.2, -0.15) is 11.8 Å². The molecule has 0 saturated carbocycles. The molecule has 0 aliphatic heterocycles. The van der Waals surface area contributed by atoms with Crippen molar-refractivity contribution < 1.29 is 4.79 Å². The van der Waals surface area contributed by atoms with E-state index in [0.29, 0.717) is 11.5 Å². The molecule has 1 amide bonds. The summed E-state index contributed by atoms with van der Waals surface area (Å²) in [6.45, 7) is 2.05. The molecule has 1 rings (SSSR count). The van der Waals surface area contributed by atoms with Gasteiger partial charge in [-0.1, -0.05) is 6.92 Å². The largest absolute Gasteiger partial charge is 0.372 e. The fraction of sp³-hybridized carbons (Fsp3) is 0.545.